The smallest absolute Gasteiger partial charge is 0.404 e. The normalized spacial score (nSPS) is 13.0. The van der Waals surface area contributed by atoms with Crippen molar-refractivity contribution < 1.29 is 19.1 Å². The van der Waals surface area contributed by atoms with Gasteiger partial charge in [-0.2, -0.15) is 0 Å². The second kappa shape index (κ2) is 8.78. The summed E-state index contributed by atoms with van der Waals surface area (Å²) in [7, 11) is 0. The molecule has 0 saturated carbocycles. The summed E-state index contributed by atoms with van der Waals surface area (Å²) in [5.41, 5.74) is 5.34. The fraction of sp³-hybridized carbons (Fsp3) is 0.263. The number of carbonyl (C=O) groups excluding carboxylic acids is 3. The van der Waals surface area contributed by atoms with Gasteiger partial charge in [0.1, 0.15) is 17.9 Å². The van der Waals surface area contributed by atoms with Gasteiger partial charge in [0.2, 0.25) is 0 Å². The lowest BCUT2D eigenvalue weighted by Gasteiger charge is -2.29. The number of pyridine rings is 1. The van der Waals surface area contributed by atoms with Crippen molar-refractivity contribution in [2.45, 2.75) is 13.1 Å². The number of hydrogen-bond acceptors (Lipinski definition) is 5. The molecule has 9 nitrogen and oxygen atoms in total. The molecule has 3 N–H and O–H groups in total. The Morgan fingerprint density at radius 2 is 1.83 bits per heavy atom. The first-order valence-corrected chi connectivity index (χ1v) is 9.22. The van der Waals surface area contributed by atoms with Crippen LogP contribution < -0.4 is 16.6 Å². The van der Waals surface area contributed by atoms with Gasteiger partial charge < -0.3 is 25.3 Å². The predicted molar refractivity (Wildman–Crippen MR) is 105 cm³/mol. The number of nitrogens with zero attached hydrogens (tertiary/aromatic N) is 2. The summed E-state index contributed by atoms with van der Waals surface area (Å²) in [5, 5.41) is 3.28. The van der Waals surface area contributed by atoms with Crippen LogP contribution >= 0.6 is 11.6 Å². The average Bonchev–Trinajstić information content (AvgIpc) is 2.69. The number of benzene rings is 1. The molecular weight excluding hydrogens is 400 g/mol. The van der Waals surface area contributed by atoms with Gasteiger partial charge in [-0.1, -0.05) is 23.7 Å². The van der Waals surface area contributed by atoms with Crippen molar-refractivity contribution in [3.63, 3.8) is 0 Å². The molecular formula is C19H19ClN4O5. The van der Waals surface area contributed by atoms with E-state index in [2.05, 4.69) is 10.1 Å². The fourth-order valence-corrected chi connectivity index (χ4v) is 3.12. The number of halogens is 1. The van der Waals surface area contributed by atoms with E-state index in [1.165, 1.54) is 21.6 Å². The highest BCUT2D eigenvalue weighted by Gasteiger charge is 2.27. The molecule has 1 aromatic heterocycles. The molecule has 3 rings (SSSR count). The van der Waals surface area contributed by atoms with E-state index in [0.717, 1.165) is 5.56 Å². The highest BCUT2D eigenvalue weighted by Crippen LogP contribution is 2.12. The van der Waals surface area contributed by atoms with Crippen LogP contribution in [-0.2, 0) is 17.8 Å². The van der Waals surface area contributed by atoms with Crippen molar-refractivity contribution in [1.29, 1.82) is 0 Å². The van der Waals surface area contributed by atoms with E-state index in [0.29, 0.717) is 5.02 Å². The minimum atomic E-state index is -0.916. The van der Waals surface area contributed by atoms with E-state index in [1.54, 1.807) is 24.3 Å². The highest BCUT2D eigenvalue weighted by atomic mass is 35.5. The summed E-state index contributed by atoms with van der Waals surface area (Å²) in [4.78, 5) is 49.8. The number of carbonyl (C=O) groups is 3. The largest absolute Gasteiger partial charge is 0.448 e. The number of fused-ring (bicyclic) bond motifs is 1. The van der Waals surface area contributed by atoms with Gasteiger partial charge >= 0.3 is 6.09 Å². The molecule has 0 spiro atoms. The maximum atomic E-state index is 12.7. The van der Waals surface area contributed by atoms with Gasteiger partial charge in [0.25, 0.3) is 17.4 Å². The molecule has 1 aliphatic rings. The minimum Gasteiger partial charge on any atom is -0.448 e. The summed E-state index contributed by atoms with van der Waals surface area (Å²) in [6.07, 6.45) is -0.916. The molecule has 0 bridgehead atoms. The lowest BCUT2D eigenvalue weighted by atomic mass is 10.1. The molecule has 1 aromatic carbocycles. The van der Waals surface area contributed by atoms with Crippen LogP contribution in [0.25, 0.3) is 0 Å². The van der Waals surface area contributed by atoms with E-state index in [4.69, 9.17) is 17.3 Å². The summed E-state index contributed by atoms with van der Waals surface area (Å²) < 4.78 is 5.92. The van der Waals surface area contributed by atoms with Gasteiger partial charge in [0.15, 0.2) is 0 Å². The van der Waals surface area contributed by atoms with Crippen LogP contribution in [0.4, 0.5) is 4.79 Å². The van der Waals surface area contributed by atoms with Crippen molar-refractivity contribution in [3.05, 3.63) is 68.6 Å². The molecule has 0 aliphatic carbocycles. The second-order valence-electron chi connectivity index (χ2n) is 6.36. The molecule has 1 aliphatic heterocycles. The van der Waals surface area contributed by atoms with E-state index in [-0.39, 0.29) is 50.0 Å². The summed E-state index contributed by atoms with van der Waals surface area (Å²) >= 11 is 5.83. The number of amides is 3. The van der Waals surface area contributed by atoms with Gasteiger partial charge in [0, 0.05) is 24.7 Å². The number of primary amides is 1. The maximum Gasteiger partial charge on any atom is 0.404 e. The number of rotatable bonds is 6. The van der Waals surface area contributed by atoms with Gasteiger partial charge in [-0.3, -0.25) is 14.4 Å². The Balaban J connectivity index is 1.70. The Kier molecular flexibility index (Phi) is 6.18. The Labute approximate surface area is 171 Å². The highest BCUT2D eigenvalue weighted by molar-refractivity contribution is 6.30. The zero-order valence-electron chi connectivity index (χ0n) is 15.4. The second-order valence-corrected chi connectivity index (χ2v) is 6.79. The maximum absolute atomic E-state index is 12.7. The third-order valence-corrected chi connectivity index (χ3v) is 4.74. The zero-order valence-corrected chi connectivity index (χ0v) is 16.1. The number of hydrogen-bond donors (Lipinski definition) is 2. The van der Waals surface area contributed by atoms with E-state index in [9.17, 15) is 19.2 Å². The lowest BCUT2D eigenvalue weighted by molar-refractivity contribution is 0.0644. The average molecular weight is 419 g/mol. The standard InChI is InChI=1S/C19H19ClN4O5/c20-13-3-1-12(2-4-13)11-22-16(25)14-5-6-15-18(27)23(9-10-29-19(21)28)7-8-24(15)17(14)26/h1-6H,7-11H2,(H2,21,28)(H,22,25). The van der Waals surface area contributed by atoms with Gasteiger partial charge in [-0.25, -0.2) is 4.79 Å². The Bertz CT molecular complexity index is 1000. The number of nitrogens with two attached hydrogens (primary N) is 1. The van der Waals surface area contributed by atoms with Crippen molar-refractivity contribution in [1.82, 2.24) is 14.8 Å². The van der Waals surface area contributed by atoms with Crippen LogP contribution in [0.15, 0.2) is 41.2 Å². The van der Waals surface area contributed by atoms with Crippen molar-refractivity contribution in [2.24, 2.45) is 5.73 Å². The van der Waals surface area contributed by atoms with Crippen LogP contribution in [0.3, 0.4) is 0 Å². The topological polar surface area (TPSA) is 124 Å². The number of nitrogens with one attached hydrogen (secondary N) is 1. The van der Waals surface area contributed by atoms with E-state index >= 15 is 0 Å². The van der Waals surface area contributed by atoms with Gasteiger partial charge in [0.05, 0.1) is 6.54 Å². The van der Waals surface area contributed by atoms with Crippen LogP contribution in [0.2, 0.25) is 5.02 Å². The van der Waals surface area contributed by atoms with Crippen LogP contribution in [-0.4, -0.2) is 47.1 Å². The number of aromatic nitrogens is 1. The first-order valence-electron chi connectivity index (χ1n) is 8.85. The molecule has 0 saturated heterocycles. The molecule has 2 heterocycles. The molecule has 0 radical (unpaired) electrons. The van der Waals surface area contributed by atoms with E-state index in [1.807, 2.05) is 0 Å². The summed E-state index contributed by atoms with van der Waals surface area (Å²) in [6.45, 7) is 0.859. The fourth-order valence-electron chi connectivity index (χ4n) is 2.99. The molecule has 0 unspecified atom stereocenters. The van der Waals surface area contributed by atoms with Crippen molar-refractivity contribution in [2.75, 3.05) is 19.7 Å². The number of ether oxygens (including phenoxy) is 1. The summed E-state index contributed by atoms with van der Waals surface area (Å²) in [6, 6.07) is 9.76. The predicted octanol–water partition coefficient (Wildman–Crippen LogP) is 0.983. The molecule has 0 atom stereocenters. The quantitative estimate of drug-likeness (QED) is 0.723. The summed E-state index contributed by atoms with van der Waals surface area (Å²) in [5.74, 6) is -0.903. The Morgan fingerprint density at radius 1 is 1.10 bits per heavy atom. The van der Waals surface area contributed by atoms with Crippen LogP contribution in [0.5, 0.6) is 0 Å². The van der Waals surface area contributed by atoms with Crippen LogP contribution in [0, 0.1) is 0 Å². The molecule has 3 amide bonds. The van der Waals surface area contributed by atoms with Crippen molar-refractivity contribution in [3.8, 4) is 0 Å². The molecule has 2 aromatic rings. The SMILES string of the molecule is NC(=O)OCCN1CCn2c(ccc(C(=O)NCc3ccc(Cl)cc3)c2=O)C1=O. The Morgan fingerprint density at radius 3 is 2.52 bits per heavy atom. The molecule has 29 heavy (non-hydrogen) atoms. The Hall–Kier alpha value is -3.33. The van der Waals surface area contributed by atoms with Crippen molar-refractivity contribution >= 4 is 29.5 Å². The molecule has 0 fully saturated rings. The monoisotopic (exact) mass is 418 g/mol. The molecule has 10 heteroatoms. The third kappa shape index (κ3) is 4.75. The molecule has 152 valence electrons. The van der Waals surface area contributed by atoms with E-state index < -0.39 is 17.6 Å². The lowest BCUT2D eigenvalue weighted by Crippen LogP contribution is -2.47. The zero-order chi connectivity index (χ0) is 21.0. The van der Waals surface area contributed by atoms with Gasteiger partial charge in [-0.05, 0) is 29.8 Å². The first-order chi connectivity index (χ1) is 13.9. The third-order valence-electron chi connectivity index (χ3n) is 4.49. The first kappa shape index (κ1) is 20.4. The van der Waals surface area contributed by atoms with Crippen LogP contribution in [0.1, 0.15) is 26.4 Å². The van der Waals surface area contributed by atoms with Gasteiger partial charge in [-0.15, -0.1) is 0 Å². The minimum absolute atomic E-state index is 0.0313.